The van der Waals surface area contributed by atoms with E-state index in [1.807, 2.05) is 0 Å². The molecule has 534 valence electrons. The van der Waals surface area contributed by atoms with Crippen LogP contribution < -0.4 is 5.73 Å². The highest BCUT2D eigenvalue weighted by Crippen LogP contribution is 2.43. The summed E-state index contributed by atoms with van der Waals surface area (Å²) in [7, 11) is -4.40. The Morgan fingerprint density at radius 3 is 0.882 bits per heavy atom. The highest BCUT2D eigenvalue weighted by molar-refractivity contribution is 7.47. The molecule has 0 aliphatic heterocycles. The van der Waals surface area contributed by atoms with Gasteiger partial charge in [-0.05, 0) is 116 Å². The van der Waals surface area contributed by atoms with E-state index in [1.54, 1.807) is 0 Å². The summed E-state index contributed by atoms with van der Waals surface area (Å²) >= 11 is 0. The van der Waals surface area contributed by atoms with Crippen LogP contribution in [0.2, 0.25) is 0 Å². The predicted molar refractivity (Wildman–Crippen MR) is 404 cm³/mol. The van der Waals surface area contributed by atoms with Crippen molar-refractivity contribution in [2.24, 2.45) is 5.73 Å². The second-order valence-corrected chi connectivity index (χ2v) is 26.9. The average Bonchev–Trinajstić information content (AvgIpc) is 3.60. The summed E-state index contributed by atoms with van der Waals surface area (Å²) in [5, 5.41) is 0. The maximum Gasteiger partial charge on any atom is 0.472 e. The van der Waals surface area contributed by atoms with Gasteiger partial charge in [0.05, 0.1) is 13.2 Å². The molecule has 10 heteroatoms. The van der Waals surface area contributed by atoms with E-state index >= 15 is 0 Å². The third-order valence-electron chi connectivity index (χ3n) is 16.5. The fraction of sp³-hybridized carbons (Fsp3) is 0.711. The molecule has 0 amide bonds. The summed E-state index contributed by atoms with van der Waals surface area (Å²) in [6, 6.07) is 0. The maximum atomic E-state index is 12.8. The van der Waals surface area contributed by atoms with Crippen molar-refractivity contribution in [3.05, 3.63) is 134 Å². The maximum absolute atomic E-state index is 12.8. The summed E-state index contributed by atoms with van der Waals surface area (Å²) in [5.41, 5.74) is 5.41. The van der Waals surface area contributed by atoms with Crippen molar-refractivity contribution in [1.29, 1.82) is 0 Å². The standard InChI is InChI=1S/C83H144NO8P/c1-3-5-7-9-11-13-15-17-19-21-23-25-27-29-31-33-35-37-38-39-40-41-42-44-46-48-50-52-54-56-58-60-62-64-66-68-70-72-74-76-83(86)92-81(80-91-93(87,88)90-78-77-84)79-89-82(85)75-73-71-69-67-65-63-61-59-57-55-53-51-49-47-45-43-36-34-32-30-28-26-24-22-20-18-16-14-12-10-8-6-4-2/h5,7,11,13,16-19,22-25,29,31,35,37,39-40,42,44,48,50,81H,3-4,6,8-10,12,14-15,20-21,26-28,30,32-34,36,38,41,43,45-47,49,51-80,84H2,1-2H3,(H,87,88)/b7-5-,13-11-,18-16-,19-17-,24-22-,25-23-,31-29-,37-35-,40-39-,44-42-,50-48-. The third kappa shape index (κ3) is 77.0. The van der Waals surface area contributed by atoms with E-state index in [1.165, 1.54) is 205 Å². The minimum atomic E-state index is -4.40. The number of phosphoric acid groups is 1. The number of allylic oxidation sites excluding steroid dienone is 22. The molecule has 0 aromatic heterocycles. The second kappa shape index (κ2) is 77.2. The van der Waals surface area contributed by atoms with Gasteiger partial charge >= 0.3 is 19.8 Å². The zero-order valence-corrected chi connectivity index (χ0v) is 61.1. The molecule has 93 heavy (non-hydrogen) atoms. The van der Waals surface area contributed by atoms with E-state index in [0.717, 1.165) is 109 Å². The molecule has 0 radical (unpaired) electrons. The van der Waals surface area contributed by atoms with Crippen LogP contribution in [0.25, 0.3) is 0 Å². The molecule has 0 aromatic carbocycles. The van der Waals surface area contributed by atoms with Gasteiger partial charge in [-0.25, -0.2) is 4.57 Å². The molecule has 0 aromatic rings. The zero-order valence-electron chi connectivity index (χ0n) is 60.2. The first-order valence-corrected chi connectivity index (χ1v) is 40.2. The minimum absolute atomic E-state index is 0.0491. The van der Waals surface area contributed by atoms with Crippen LogP contribution in [0.5, 0.6) is 0 Å². The van der Waals surface area contributed by atoms with Gasteiger partial charge in [0, 0.05) is 19.4 Å². The Morgan fingerprint density at radius 1 is 0.333 bits per heavy atom. The SMILES string of the molecule is CC/C=C\C/C=C\C/C=C\C/C=C\C/C=C\C/C=C\C/C=C\C/C=C\C/C=C\CCCCCCCCCCCCCC(=O)OC(COC(=O)CCCCCCCCCCCCCCCCCCCCCCC/C=C\C/C=C\CCCCCCC)COP(=O)(O)OCCN. The minimum Gasteiger partial charge on any atom is -0.462 e. The quantitative estimate of drug-likeness (QED) is 0.0264. The molecule has 0 heterocycles. The number of esters is 2. The third-order valence-corrected chi connectivity index (χ3v) is 17.5. The van der Waals surface area contributed by atoms with Crippen molar-refractivity contribution in [1.82, 2.24) is 0 Å². The Kier molecular flexibility index (Phi) is 74.0. The molecule has 0 aliphatic carbocycles. The highest BCUT2D eigenvalue weighted by Gasteiger charge is 2.26. The average molecular weight is 1320 g/mol. The number of rotatable bonds is 72. The molecule has 0 spiro atoms. The van der Waals surface area contributed by atoms with E-state index in [9.17, 15) is 19.0 Å². The number of phosphoric ester groups is 1. The van der Waals surface area contributed by atoms with E-state index in [-0.39, 0.29) is 38.6 Å². The second-order valence-electron chi connectivity index (χ2n) is 25.5. The topological polar surface area (TPSA) is 134 Å². The Labute approximate surface area is 574 Å². The number of carbonyl (C=O) groups excluding carboxylic acids is 2. The lowest BCUT2D eigenvalue weighted by Gasteiger charge is -2.19. The van der Waals surface area contributed by atoms with E-state index < -0.39 is 26.5 Å². The van der Waals surface area contributed by atoms with Gasteiger partial charge in [0.25, 0.3) is 0 Å². The summed E-state index contributed by atoms with van der Waals surface area (Å²) in [4.78, 5) is 35.4. The van der Waals surface area contributed by atoms with Gasteiger partial charge < -0.3 is 20.1 Å². The first kappa shape index (κ1) is 89.2. The Bertz CT molecular complexity index is 1990. The lowest BCUT2D eigenvalue weighted by molar-refractivity contribution is -0.161. The van der Waals surface area contributed by atoms with Crippen molar-refractivity contribution >= 4 is 19.8 Å². The highest BCUT2D eigenvalue weighted by atomic mass is 31.2. The van der Waals surface area contributed by atoms with Crippen molar-refractivity contribution in [3.63, 3.8) is 0 Å². The van der Waals surface area contributed by atoms with Gasteiger partial charge in [-0.3, -0.25) is 18.6 Å². The van der Waals surface area contributed by atoms with Crippen LogP contribution in [-0.4, -0.2) is 49.3 Å². The largest absolute Gasteiger partial charge is 0.472 e. The number of carbonyl (C=O) groups is 2. The number of hydrogen-bond acceptors (Lipinski definition) is 8. The molecule has 9 nitrogen and oxygen atoms in total. The molecular formula is C83H144NO8P. The van der Waals surface area contributed by atoms with Crippen LogP contribution in [0.15, 0.2) is 134 Å². The van der Waals surface area contributed by atoms with Gasteiger partial charge in [0.2, 0.25) is 0 Å². The lowest BCUT2D eigenvalue weighted by atomic mass is 10.0. The molecule has 0 bridgehead atoms. The number of ether oxygens (including phenoxy) is 2. The van der Waals surface area contributed by atoms with Crippen molar-refractivity contribution in [2.75, 3.05) is 26.4 Å². The summed E-state index contributed by atoms with van der Waals surface area (Å²) in [6.45, 7) is 3.65. The van der Waals surface area contributed by atoms with Crippen LogP contribution in [0, 0.1) is 0 Å². The smallest absolute Gasteiger partial charge is 0.462 e. The Balaban J connectivity index is 3.87. The molecule has 0 aliphatic rings. The first-order valence-electron chi connectivity index (χ1n) is 38.7. The molecule has 3 N–H and O–H groups in total. The fourth-order valence-electron chi connectivity index (χ4n) is 10.8. The van der Waals surface area contributed by atoms with Crippen molar-refractivity contribution in [3.8, 4) is 0 Å². The lowest BCUT2D eigenvalue weighted by Crippen LogP contribution is -2.29. The number of nitrogens with two attached hydrogens (primary N) is 1. The van der Waals surface area contributed by atoms with Gasteiger partial charge in [0.1, 0.15) is 6.61 Å². The van der Waals surface area contributed by atoms with Gasteiger partial charge in [-0.2, -0.15) is 0 Å². The van der Waals surface area contributed by atoms with Gasteiger partial charge in [-0.15, -0.1) is 0 Å². The van der Waals surface area contributed by atoms with Crippen molar-refractivity contribution < 1.29 is 37.6 Å². The fourth-order valence-corrected chi connectivity index (χ4v) is 11.6. The Hall–Kier alpha value is -3.85. The molecule has 2 unspecified atom stereocenters. The zero-order chi connectivity index (χ0) is 67.2. The van der Waals surface area contributed by atoms with E-state index in [4.69, 9.17) is 24.3 Å². The van der Waals surface area contributed by atoms with E-state index in [0.29, 0.717) is 6.42 Å². The molecule has 0 saturated carbocycles. The van der Waals surface area contributed by atoms with Crippen LogP contribution in [-0.2, 0) is 32.7 Å². The number of hydrogen-bond donors (Lipinski definition) is 2. The Morgan fingerprint density at radius 2 is 0.591 bits per heavy atom. The van der Waals surface area contributed by atoms with E-state index in [2.05, 4.69) is 148 Å². The summed E-state index contributed by atoms with van der Waals surface area (Å²) in [5.74, 6) is -0.824. The molecule has 0 rings (SSSR count). The normalized spacial score (nSPS) is 13.6. The van der Waals surface area contributed by atoms with Crippen LogP contribution in [0.1, 0.15) is 348 Å². The van der Waals surface area contributed by atoms with Gasteiger partial charge in [0.15, 0.2) is 6.10 Å². The molecule has 0 fully saturated rings. The predicted octanol–water partition coefficient (Wildman–Crippen LogP) is 26.0. The molecule has 0 saturated heterocycles. The molecule has 2 atom stereocenters. The van der Waals surface area contributed by atoms with Crippen LogP contribution in [0.4, 0.5) is 0 Å². The summed E-state index contributed by atoms with van der Waals surface area (Å²) < 4.78 is 33.3. The monoisotopic (exact) mass is 1310 g/mol. The van der Waals surface area contributed by atoms with Crippen LogP contribution in [0.3, 0.4) is 0 Å². The first-order chi connectivity index (χ1) is 45.8. The number of unbranched alkanes of at least 4 members (excludes halogenated alkanes) is 37. The molecular weight excluding hydrogens is 1170 g/mol. The van der Waals surface area contributed by atoms with Crippen LogP contribution >= 0.6 is 7.82 Å². The van der Waals surface area contributed by atoms with Crippen molar-refractivity contribution in [2.45, 2.75) is 354 Å². The van der Waals surface area contributed by atoms with Gasteiger partial charge in [-0.1, -0.05) is 353 Å². The summed E-state index contributed by atoms with van der Waals surface area (Å²) in [6.07, 6.45) is 110.